The zero-order chi connectivity index (χ0) is 33.9. The Morgan fingerprint density at radius 3 is 2.60 bits per heavy atom. The van der Waals surface area contributed by atoms with Crippen LogP contribution in [0.5, 0.6) is 5.75 Å². The number of carbonyl (C=O) groups excluding carboxylic acids is 1. The van der Waals surface area contributed by atoms with Crippen LogP contribution in [0, 0.1) is 5.92 Å². The highest BCUT2D eigenvalue weighted by Crippen LogP contribution is 2.42. The van der Waals surface area contributed by atoms with E-state index in [0.29, 0.717) is 28.7 Å². The minimum atomic E-state index is -4.59. The molecule has 11 nitrogen and oxygen atoms in total. The molecule has 1 saturated heterocycles. The van der Waals surface area contributed by atoms with Crippen molar-refractivity contribution >= 4 is 42.9 Å². The number of nitrogens with two attached hydrogens (primary N) is 1. The minimum Gasteiger partial charge on any atom is -0.459 e. The number of nitrogens with one attached hydrogen (secondary N) is 1. The van der Waals surface area contributed by atoms with Crippen molar-refractivity contribution in [3.63, 3.8) is 0 Å². The largest absolute Gasteiger partial charge is 0.459 e. The van der Waals surface area contributed by atoms with Crippen molar-refractivity contribution in [1.29, 1.82) is 0 Å². The lowest BCUT2D eigenvalue weighted by molar-refractivity contribution is -0.152. The van der Waals surface area contributed by atoms with E-state index in [-0.39, 0.29) is 30.4 Å². The number of anilines is 1. The van der Waals surface area contributed by atoms with Gasteiger partial charge in [-0.25, -0.2) is 20.9 Å². The molecule has 3 N–H and O–H groups in total. The molecule has 0 aliphatic carbocycles. The molecule has 0 bridgehead atoms. The molecular formula is C31H35ClF3N6O5P. The van der Waals surface area contributed by atoms with Crippen LogP contribution >= 0.6 is 20.1 Å². The number of ether oxygens (including phenoxy) is 2. The van der Waals surface area contributed by atoms with Gasteiger partial charge < -0.3 is 23.1 Å². The van der Waals surface area contributed by atoms with Gasteiger partial charge in [-0.3, -0.25) is 9.80 Å². The summed E-state index contributed by atoms with van der Waals surface area (Å²) >= 11 is 6.03. The maximum Gasteiger partial charge on any atom is 0.416 e. The highest BCUT2D eigenvalue weighted by molar-refractivity contribution is 7.45. The Morgan fingerprint density at radius 2 is 1.89 bits per heavy atom. The molecule has 0 radical (unpaired) electrons. The molecule has 4 unspecified atom stereocenters. The van der Waals surface area contributed by atoms with Gasteiger partial charge in [-0.15, -0.1) is 0 Å². The Balaban J connectivity index is 1.27. The van der Waals surface area contributed by atoms with E-state index < -0.39 is 38.4 Å². The van der Waals surface area contributed by atoms with E-state index in [9.17, 15) is 18.0 Å². The molecule has 2 aromatic carbocycles. The fourth-order valence-electron chi connectivity index (χ4n) is 5.15. The van der Waals surface area contributed by atoms with Gasteiger partial charge in [0.25, 0.3) is 0 Å². The van der Waals surface area contributed by atoms with Gasteiger partial charge in [0.15, 0.2) is 5.82 Å². The van der Waals surface area contributed by atoms with Crippen molar-refractivity contribution in [3.8, 4) is 5.75 Å². The van der Waals surface area contributed by atoms with E-state index in [4.69, 9.17) is 36.0 Å². The molecule has 0 amide bonds. The predicted octanol–water partition coefficient (Wildman–Crippen LogP) is 6.77. The molecule has 1 fully saturated rings. The third-order valence-corrected chi connectivity index (χ3v) is 9.25. The zero-order valence-corrected chi connectivity index (χ0v) is 27.7. The summed E-state index contributed by atoms with van der Waals surface area (Å²) in [5, 5.41) is 5.77. The number of nitrogens with zero attached hydrogens (tertiary/aromatic N) is 4. The maximum atomic E-state index is 13.5. The molecule has 0 saturated carbocycles. The van der Waals surface area contributed by atoms with Crippen LogP contribution in [0.1, 0.15) is 44.5 Å². The summed E-state index contributed by atoms with van der Waals surface area (Å²) < 4.78 is 66.3. The van der Waals surface area contributed by atoms with Gasteiger partial charge in [-0.05, 0) is 56.7 Å². The Labute approximate surface area is 276 Å². The first-order valence-electron chi connectivity index (χ1n) is 14.6. The molecule has 3 heterocycles. The molecular weight excluding hydrogens is 660 g/mol. The molecule has 1 aliphatic heterocycles. The van der Waals surface area contributed by atoms with E-state index in [1.54, 1.807) is 31.3 Å². The molecule has 47 heavy (non-hydrogen) atoms. The van der Waals surface area contributed by atoms with Gasteiger partial charge in [-0.2, -0.15) is 13.2 Å². The van der Waals surface area contributed by atoms with Gasteiger partial charge in [-0.1, -0.05) is 36.7 Å². The predicted molar refractivity (Wildman–Crippen MR) is 171 cm³/mol. The number of benzene rings is 2. The number of hydrogen-bond acceptors (Lipinski definition) is 10. The molecule has 5 rings (SSSR count). The van der Waals surface area contributed by atoms with Gasteiger partial charge in [0.2, 0.25) is 0 Å². The van der Waals surface area contributed by atoms with E-state index in [2.05, 4.69) is 22.0 Å². The number of fused-ring (bicyclic) bond motifs is 1. The Kier molecular flexibility index (Phi) is 10.6. The normalized spacial score (nSPS) is 19.1. The minimum absolute atomic E-state index is 0.0931. The monoisotopic (exact) mass is 694 g/mol. The van der Waals surface area contributed by atoms with Crippen LogP contribution in [0.2, 0.25) is 5.02 Å². The van der Waals surface area contributed by atoms with Crippen LogP contribution < -0.4 is 20.5 Å². The second-order valence-corrected chi connectivity index (χ2v) is 13.3. The summed E-state index contributed by atoms with van der Waals surface area (Å²) in [6, 6.07) is 13.4. The van der Waals surface area contributed by atoms with Crippen LogP contribution in [0.15, 0.2) is 67.1 Å². The quantitative estimate of drug-likeness (QED) is 0.0710. The van der Waals surface area contributed by atoms with Gasteiger partial charge in [0.05, 0.1) is 23.7 Å². The van der Waals surface area contributed by atoms with E-state index in [1.807, 2.05) is 16.8 Å². The van der Waals surface area contributed by atoms with Gasteiger partial charge in [0, 0.05) is 29.7 Å². The molecule has 16 heteroatoms. The second-order valence-electron chi connectivity index (χ2n) is 11.7. The fourth-order valence-corrected chi connectivity index (χ4v) is 6.60. The number of aromatic nitrogens is 3. The van der Waals surface area contributed by atoms with Crippen molar-refractivity contribution in [1.82, 2.24) is 19.6 Å². The van der Waals surface area contributed by atoms with Crippen molar-refractivity contribution in [3.05, 3.63) is 83.3 Å². The molecule has 1 aliphatic rings. The summed E-state index contributed by atoms with van der Waals surface area (Å²) in [7, 11) is -0.285. The van der Waals surface area contributed by atoms with Crippen molar-refractivity contribution < 1.29 is 36.5 Å². The van der Waals surface area contributed by atoms with Crippen molar-refractivity contribution in [2.45, 2.75) is 57.8 Å². The number of rotatable bonds is 12. The summed E-state index contributed by atoms with van der Waals surface area (Å²) in [5.41, 5.74) is -1.75. The standard InChI is InChI=1S/C31H35ClF3N6O5P/c1-19-15-23(45-28(19)41-14-13-24-26(40(4)36)37-18-38-27(24)41)17-44-47(46-22-11-9-21(32)10-12-22)39-30(2,3)29(42)43-16-20-7-5-6-8-25(20)31(33,34)35/h5-14,18-19,23,28,39H,15-17,36H2,1-4H3. The number of halogens is 4. The molecule has 4 aromatic rings. The van der Waals surface area contributed by atoms with Crippen LogP contribution in [0.25, 0.3) is 11.0 Å². The fraction of sp³-hybridized carbons (Fsp3) is 0.387. The maximum absolute atomic E-state index is 13.5. The first-order valence-corrected chi connectivity index (χ1v) is 16.2. The van der Waals surface area contributed by atoms with E-state index in [0.717, 1.165) is 11.5 Å². The van der Waals surface area contributed by atoms with Crippen molar-refractivity contribution in [2.75, 3.05) is 18.7 Å². The van der Waals surface area contributed by atoms with E-state index in [1.165, 1.54) is 43.4 Å². The number of carbonyl (C=O) groups is 1. The van der Waals surface area contributed by atoms with Crippen LogP contribution in [-0.2, 0) is 31.6 Å². The summed E-state index contributed by atoms with van der Waals surface area (Å²) in [5.74, 6) is 6.25. The number of alkyl halides is 3. The summed E-state index contributed by atoms with van der Waals surface area (Å²) in [6.07, 6.45) is -1.26. The lowest BCUT2D eigenvalue weighted by Gasteiger charge is -2.29. The van der Waals surface area contributed by atoms with E-state index >= 15 is 0 Å². The smallest absolute Gasteiger partial charge is 0.416 e. The highest BCUT2D eigenvalue weighted by atomic mass is 35.5. The Hall–Kier alpha value is -3.52. The number of esters is 1. The van der Waals surface area contributed by atoms with Gasteiger partial charge in [0.1, 0.15) is 36.1 Å². The van der Waals surface area contributed by atoms with Crippen molar-refractivity contribution in [2.24, 2.45) is 11.8 Å². The summed E-state index contributed by atoms with van der Waals surface area (Å²) in [6.45, 7) is 4.68. The first-order chi connectivity index (χ1) is 22.2. The Bertz CT molecular complexity index is 1690. The van der Waals surface area contributed by atoms with Crippen LogP contribution in [0.4, 0.5) is 19.0 Å². The molecule has 2 aromatic heterocycles. The number of hydrogen-bond donors (Lipinski definition) is 2. The molecule has 0 spiro atoms. The first kappa shape index (κ1) is 34.8. The molecule has 4 atom stereocenters. The number of hydrazine groups is 1. The lowest BCUT2D eigenvalue weighted by Crippen LogP contribution is -2.46. The topological polar surface area (TPSA) is 126 Å². The van der Waals surface area contributed by atoms with Gasteiger partial charge >= 0.3 is 20.7 Å². The zero-order valence-electron chi connectivity index (χ0n) is 26.1. The average Bonchev–Trinajstić information content (AvgIpc) is 3.61. The second kappa shape index (κ2) is 14.3. The van der Waals surface area contributed by atoms with Crippen LogP contribution in [0.3, 0.4) is 0 Å². The molecule has 252 valence electrons. The lowest BCUT2D eigenvalue weighted by atomic mass is 10.1. The average molecular weight is 695 g/mol. The third kappa shape index (κ3) is 8.32. The highest BCUT2D eigenvalue weighted by Gasteiger charge is 2.39. The van der Waals surface area contributed by atoms with Crippen LogP contribution in [-0.4, -0.2) is 45.8 Å². The third-order valence-electron chi connectivity index (χ3n) is 7.49. The summed E-state index contributed by atoms with van der Waals surface area (Å²) in [4.78, 5) is 21.9. The Morgan fingerprint density at radius 1 is 1.17 bits per heavy atom. The SMILES string of the molecule is CC1CC(COP(NC(C)(C)C(=O)OCc2ccccc2C(F)(F)F)Oc2ccc(Cl)cc2)OC1n1ccc2c(N(C)N)ncnc21.